The van der Waals surface area contributed by atoms with E-state index in [1.165, 1.54) is 43.2 Å². The van der Waals surface area contributed by atoms with Gasteiger partial charge in [-0.1, -0.05) is 44.2 Å². The number of rotatable bonds is 7. The molecule has 0 spiro atoms. The molecular formula is C21H26N2. The average Bonchev–Trinajstić information content (AvgIpc) is 3.37. The van der Waals surface area contributed by atoms with Gasteiger partial charge in [0.25, 0.3) is 0 Å². The molecule has 2 aromatic rings. The maximum Gasteiger partial charge on any atom is 0.0568 e. The molecule has 1 aromatic carbocycles. The lowest BCUT2D eigenvalue weighted by Gasteiger charge is -2.21. The van der Waals surface area contributed by atoms with E-state index in [4.69, 9.17) is 0 Å². The summed E-state index contributed by atoms with van der Waals surface area (Å²) in [5.41, 5.74) is 6.07. The highest BCUT2D eigenvalue weighted by atomic mass is 14.9. The molecule has 0 unspecified atom stereocenters. The number of nitrogens with zero attached hydrogens (tertiary/aromatic N) is 1. The van der Waals surface area contributed by atoms with Gasteiger partial charge < -0.3 is 5.32 Å². The Labute approximate surface area is 139 Å². The Hall–Kier alpha value is -2.09. The molecule has 1 aliphatic carbocycles. The summed E-state index contributed by atoms with van der Waals surface area (Å²) < 4.78 is 0. The number of unbranched alkanes of at least 4 members (excludes halogenated alkanes) is 1. The van der Waals surface area contributed by atoms with Gasteiger partial charge in [-0.25, -0.2) is 0 Å². The van der Waals surface area contributed by atoms with Crippen LogP contribution in [-0.2, 0) is 11.8 Å². The summed E-state index contributed by atoms with van der Waals surface area (Å²) in [7, 11) is 0. The number of hydrogen-bond acceptors (Lipinski definition) is 2. The minimum Gasteiger partial charge on any atom is -0.357 e. The van der Waals surface area contributed by atoms with Crippen LogP contribution in [0.5, 0.6) is 0 Å². The summed E-state index contributed by atoms with van der Waals surface area (Å²) in [6.07, 6.45) is 7.91. The molecule has 23 heavy (non-hydrogen) atoms. The molecule has 2 nitrogen and oxygen atoms in total. The van der Waals surface area contributed by atoms with Crippen molar-refractivity contribution in [1.29, 1.82) is 0 Å². The van der Waals surface area contributed by atoms with E-state index in [-0.39, 0.29) is 5.41 Å². The molecule has 0 aliphatic heterocycles. The number of anilines is 1. The third-order valence-corrected chi connectivity index (χ3v) is 4.86. The van der Waals surface area contributed by atoms with E-state index in [9.17, 15) is 0 Å². The predicted octanol–water partition coefficient (Wildman–Crippen LogP) is 5.39. The first-order valence-corrected chi connectivity index (χ1v) is 8.62. The smallest absolute Gasteiger partial charge is 0.0568 e. The molecule has 2 heteroatoms. The van der Waals surface area contributed by atoms with Crippen LogP contribution in [0.1, 0.15) is 49.4 Å². The molecule has 0 amide bonds. The number of nitrogens with one attached hydrogen (secondary N) is 1. The van der Waals surface area contributed by atoms with Gasteiger partial charge in [-0.15, -0.1) is 0 Å². The molecular weight excluding hydrogens is 280 g/mol. The van der Waals surface area contributed by atoms with E-state index in [1.807, 2.05) is 19.2 Å². The third-order valence-electron chi connectivity index (χ3n) is 4.86. The van der Waals surface area contributed by atoms with Crippen LogP contribution in [0.3, 0.4) is 0 Å². The van der Waals surface area contributed by atoms with Gasteiger partial charge in [0.05, 0.1) is 11.9 Å². The Morgan fingerprint density at radius 2 is 1.91 bits per heavy atom. The minimum atomic E-state index is 0.105. The lowest BCUT2D eigenvalue weighted by atomic mass is 9.91. The molecule has 1 aliphatic rings. The Morgan fingerprint density at radius 3 is 2.48 bits per heavy atom. The Morgan fingerprint density at radius 1 is 1.17 bits per heavy atom. The molecule has 0 radical (unpaired) electrons. The van der Waals surface area contributed by atoms with Crippen molar-refractivity contribution < 1.29 is 0 Å². The van der Waals surface area contributed by atoms with Crippen LogP contribution in [0, 0.1) is 6.92 Å². The van der Waals surface area contributed by atoms with Gasteiger partial charge in [0.2, 0.25) is 0 Å². The third kappa shape index (κ3) is 3.47. The van der Waals surface area contributed by atoms with Gasteiger partial charge >= 0.3 is 0 Å². The molecule has 1 aromatic heterocycles. The Balaban J connectivity index is 1.71. The van der Waals surface area contributed by atoms with Crippen molar-refractivity contribution in [3.8, 4) is 0 Å². The van der Waals surface area contributed by atoms with Crippen LogP contribution in [-0.4, -0.2) is 4.98 Å². The number of aryl methyl sites for hydroxylation is 2. The summed E-state index contributed by atoms with van der Waals surface area (Å²) in [5, 5.41) is 3.46. The quantitative estimate of drug-likeness (QED) is 0.742. The number of allylic oxidation sites excluding steroid dienone is 1. The van der Waals surface area contributed by atoms with Crippen molar-refractivity contribution in [2.75, 3.05) is 5.32 Å². The molecule has 1 fully saturated rings. The molecule has 0 atom stereocenters. The molecule has 1 saturated carbocycles. The summed E-state index contributed by atoms with van der Waals surface area (Å²) in [4.78, 5) is 4.34. The minimum absolute atomic E-state index is 0.105. The van der Waals surface area contributed by atoms with Crippen LogP contribution in [0.25, 0.3) is 0 Å². The van der Waals surface area contributed by atoms with E-state index in [2.05, 4.69) is 54.1 Å². The number of benzene rings is 1. The fraction of sp³-hybridized carbons (Fsp3) is 0.381. The van der Waals surface area contributed by atoms with Crippen molar-refractivity contribution >= 4 is 5.69 Å². The van der Waals surface area contributed by atoms with E-state index in [0.717, 1.165) is 17.1 Å². The van der Waals surface area contributed by atoms with Crippen LogP contribution in [0.15, 0.2) is 54.9 Å². The molecule has 3 rings (SSSR count). The average molecular weight is 306 g/mol. The zero-order valence-electron chi connectivity index (χ0n) is 14.2. The SMILES string of the molecule is C=C(Nc1ccc(C)nc1)C1(c2ccc(CCCC)cc2)CC1. The van der Waals surface area contributed by atoms with Crippen LogP contribution >= 0.6 is 0 Å². The highest BCUT2D eigenvalue weighted by molar-refractivity contribution is 5.53. The van der Waals surface area contributed by atoms with Gasteiger partial charge in [-0.05, 0) is 55.9 Å². The topological polar surface area (TPSA) is 24.9 Å². The van der Waals surface area contributed by atoms with Crippen LogP contribution in [0.2, 0.25) is 0 Å². The lowest BCUT2D eigenvalue weighted by molar-refractivity contribution is 0.790. The van der Waals surface area contributed by atoms with Crippen LogP contribution < -0.4 is 5.32 Å². The predicted molar refractivity (Wildman–Crippen MR) is 97.7 cm³/mol. The van der Waals surface area contributed by atoms with Crippen molar-refractivity contribution in [1.82, 2.24) is 4.98 Å². The van der Waals surface area contributed by atoms with E-state index >= 15 is 0 Å². The van der Waals surface area contributed by atoms with Gasteiger partial charge in [-0.2, -0.15) is 0 Å². The van der Waals surface area contributed by atoms with E-state index in [1.54, 1.807) is 0 Å². The second kappa shape index (κ2) is 6.57. The van der Waals surface area contributed by atoms with Crippen molar-refractivity contribution in [2.45, 2.75) is 51.4 Å². The second-order valence-corrected chi connectivity index (χ2v) is 6.67. The standard InChI is InChI=1S/C21H26N2/c1-4-5-6-18-8-10-19(11-9-18)21(13-14-21)17(3)23-20-12-7-16(2)22-15-20/h7-12,15,23H,3-6,13-14H2,1-2H3. The summed E-state index contributed by atoms with van der Waals surface area (Å²) in [6, 6.07) is 13.2. The Bertz CT molecular complexity index is 664. The fourth-order valence-electron chi connectivity index (χ4n) is 3.10. The Kier molecular flexibility index (Phi) is 4.51. The van der Waals surface area contributed by atoms with Gasteiger partial charge in [0.15, 0.2) is 0 Å². The molecule has 1 heterocycles. The first-order valence-electron chi connectivity index (χ1n) is 8.62. The lowest BCUT2D eigenvalue weighted by Crippen LogP contribution is -2.16. The summed E-state index contributed by atoms with van der Waals surface area (Å²) in [5.74, 6) is 0. The first-order chi connectivity index (χ1) is 11.1. The maximum atomic E-state index is 4.34. The zero-order valence-corrected chi connectivity index (χ0v) is 14.2. The van der Waals surface area contributed by atoms with Crippen molar-refractivity contribution in [3.05, 3.63) is 71.7 Å². The molecule has 0 bridgehead atoms. The van der Waals surface area contributed by atoms with Gasteiger partial charge in [-0.3, -0.25) is 4.98 Å². The second-order valence-electron chi connectivity index (χ2n) is 6.67. The highest BCUT2D eigenvalue weighted by Gasteiger charge is 2.46. The molecule has 120 valence electrons. The highest BCUT2D eigenvalue weighted by Crippen LogP contribution is 2.53. The van der Waals surface area contributed by atoms with Gasteiger partial charge in [0.1, 0.15) is 0 Å². The fourth-order valence-corrected chi connectivity index (χ4v) is 3.10. The zero-order chi connectivity index (χ0) is 16.3. The molecule has 1 N–H and O–H groups in total. The number of hydrogen-bond donors (Lipinski definition) is 1. The largest absolute Gasteiger partial charge is 0.357 e. The first kappa shape index (κ1) is 15.8. The monoisotopic (exact) mass is 306 g/mol. The number of pyridine rings is 1. The summed E-state index contributed by atoms with van der Waals surface area (Å²) >= 11 is 0. The maximum absolute atomic E-state index is 4.34. The van der Waals surface area contributed by atoms with Gasteiger partial charge in [0, 0.05) is 16.8 Å². The van der Waals surface area contributed by atoms with E-state index < -0.39 is 0 Å². The van der Waals surface area contributed by atoms with E-state index in [0.29, 0.717) is 0 Å². The van der Waals surface area contributed by atoms with Crippen LogP contribution in [0.4, 0.5) is 5.69 Å². The summed E-state index contributed by atoms with van der Waals surface area (Å²) in [6.45, 7) is 8.56. The normalized spacial score (nSPS) is 15.2. The van der Waals surface area contributed by atoms with Crippen molar-refractivity contribution in [3.63, 3.8) is 0 Å². The molecule has 0 saturated heterocycles. The van der Waals surface area contributed by atoms with Crippen molar-refractivity contribution in [2.24, 2.45) is 0 Å². The number of aromatic nitrogens is 1.